The predicted octanol–water partition coefficient (Wildman–Crippen LogP) is 4.01. The molecule has 0 aliphatic heterocycles. The second kappa shape index (κ2) is 7.52. The molecule has 0 saturated carbocycles. The van der Waals surface area contributed by atoms with Crippen molar-refractivity contribution in [2.75, 3.05) is 12.4 Å². The minimum Gasteiger partial charge on any atom is -0.493 e. The first-order valence-electron chi connectivity index (χ1n) is 7.49. The van der Waals surface area contributed by atoms with E-state index in [1.807, 2.05) is 35.3 Å². The molecule has 2 aromatic heterocycles. The summed E-state index contributed by atoms with van der Waals surface area (Å²) in [5, 5.41) is 4.88. The van der Waals surface area contributed by atoms with Gasteiger partial charge in [-0.25, -0.2) is 4.98 Å². The average Bonchev–Trinajstić information content (AvgIpc) is 3.22. The zero-order chi connectivity index (χ0) is 18.7. The third-order valence-electron chi connectivity index (χ3n) is 3.57. The predicted molar refractivity (Wildman–Crippen MR) is 94.1 cm³/mol. The lowest BCUT2D eigenvalue weighted by Crippen LogP contribution is -2.12. The first kappa shape index (κ1) is 17.9. The highest BCUT2D eigenvalue weighted by Gasteiger charge is 2.16. The number of halogens is 2. The minimum absolute atomic E-state index is 0.113. The number of aryl methyl sites for hydroxylation is 1. The van der Waals surface area contributed by atoms with Crippen LogP contribution in [0.4, 0.5) is 13.9 Å². The van der Waals surface area contributed by atoms with E-state index in [0.29, 0.717) is 5.13 Å². The molecule has 136 valence electrons. The van der Waals surface area contributed by atoms with Gasteiger partial charge in [0.05, 0.1) is 18.5 Å². The summed E-state index contributed by atoms with van der Waals surface area (Å²) in [6, 6.07) is 7.86. The molecule has 0 spiro atoms. The summed E-state index contributed by atoms with van der Waals surface area (Å²) in [5.74, 6) is -0.583. The van der Waals surface area contributed by atoms with Crippen molar-refractivity contribution in [2.45, 2.75) is 6.61 Å². The molecular formula is C17H15F2N3O3S. The van der Waals surface area contributed by atoms with Gasteiger partial charge >= 0.3 is 6.61 Å². The topological polar surface area (TPSA) is 65.4 Å². The lowest BCUT2D eigenvalue weighted by molar-refractivity contribution is -0.0512. The second-order valence-corrected chi connectivity index (χ2v) is 6.10. The number of thiazole rings is 1. The number of nitrogens with zero attached hydrogens (tertiary/aromatic N) is 2. The summed E-state index contributed by atoms with van der Waals surface area (Å²) in [6.07, 6.45) is 1.90. The quantitative estimate of drug-likeness (QED) is 0.703. The number of carbonyl (C=O) groups excluding carboxylic acids is 1. The smallest absolute Gasteiger partial charge is 0.387 e. The van der Waals surface area contributed by atoms with Gasteiger partial charge in [0.1, 0.15) is 0 Å². The Morgan fingerprint density at radius 3 is 2.77 bits per heavy atom. The van der Waals surface area contributed by atoms with Crippen LogP contribution in [0.1, 0.15) is 10.4 Å². The Balaban J connectivity index is 1.78. The van der Waals surface area contributed by atoms with Crippen LogP contribution in [0, 0.1) is 0 Å². The molecule has 0 radical (unpaired) electrons. The maximum Gasteiger partial charge on any atom is 0.387 e. The van der Waals surface area contributed by atoms with Crippen LogP contribution in [0.2, 0.25) is 0 Å². The van der Waals surface area contributed by atoms with Crippen molar-refractivity contribution in [3.63, 3.8) is 0 Å². The monoisotopic (exact) mass is 379 g/mol. The fourth-order valence-electron chi connectivity index (χ4n) is 2.35. The van der Waals surface area contributed by atoms with Crippen molar-refractivity contribution in [1.29, 1.82) is 0 Å². The Morgan fingerprint density at radius 2 is 2.12 bits per heavy atom. The fraction of sp³-hybridized carbons (Fsp3) is 0.176. The molecule has 1 amide bonds. The summed E-state index contributed by atoms with van der Waals surface area (Å²) in [5.41, 5.74) is 1.80. The average molecular weight is 379 g/mol. The molecule has 9 heteroatoms. The van der Waals surface area contributed by atoms with E-state index in [2.05, 4.69) is 15.0 Å². The van der Waals surface area contributed by atoms with E-state index in [1.54, 1.807) is 0 Å². The van der Waals surface area contributed by atoms with Gasteiger partial charge in [0.25, 0.3) is 5.91 Å². The highest BCUT2D eigenvalue weighted by atomic mass is 32.1. The summed E-state index contributed by atoms with van der Waals surface area (Å²) in [4.78, 5) is 16.8. The standard InChI is InChI=1S/C17H15F2N3O3S/c1-22-7-3-4-12(22)11-9-26-17(20-11)21-15(23)10-5-6-13(24-2)14(8-10)25-16(18)19/h3-9,16H,1-2H3,(H,20,21,23). The molecule has 26 heavy (non-hydrogen) atoms. The molecular weight excluding hydrogens is 364 g/mol. The lowest BCUT2D eigenvalue weighted by atomic mass is 10.2. The number of amides is 1. The third-order valence-corrected chi connectivity index (χ3v) is 4.33. The van der Waals surface area contributed by atoms with Crippen LogP contribution in [0.3, 0.4) is 0 Å². The van der Waals surface area contributed by atoms with Crippen molar-refractivity contribution in [1.82, 2.24) is 9.55 Å². The lowest BCUT2D eigenvalue weighted by Gasteiger charge is -2.11. The first-order valence-corrected chi connectivity index (χ1v) is 8.37. The van der Waals surface area contributed by atoms with E-state index in [-0.39, 0.29) is 17.1 Å². The van der Waals surface area contributed by atoms with Gasteiger partial charge in [0.15, 0.2) is 16.6 Å². The molecule has 0 unspecified atom stereocenters. The Labute approximate surface area is 152 Å². The van der Waals surface area contributed by atoms with Gasteiger partial charge in [0.2, 0.25) is 0 Å². The molecule has 0 saturated heterocycles. The van der Waals surface area contributed by atoms with Crippen LogP contribution in [0.5, 0.6) is 11.5 Å². The van der Waals surface area contributed by atoms with Gasteiger partial charge in [-0.05, 0) is 30.3 Å². The normalized spacial score (nSPS) is 10.8. The summed E-state index contributed by atoms with van der Waals surface area (Å²) < 4.78 is 36.3. The Morgan fingerprint density at radius 1 is 1.31 bits per heavy atom. The number of aromatic nitrogens is 2. The molecule has 3 aromatic rings. The van der Waals surface area contributed by atoms with E-state index < -0.39 is 12.5 Å². The molecule has 6 nitrogen and oxygen atoms in total. The zero-order valence-corrected chi connectivity index (χ0v) is 14.7. The SMILES string of the molecule is COc1ccc(C(=O)Nc2nc(-c3cccn3C)cs2)cc1OC(F)F. The number of benzene rings is 1. The number of hydrogen-bond acceptors (Lipinski definition) is 5. The van der Waals surface area contributed by atoms with Crippen LogP contribution in [-0.4, -0.2) is 29.2 Å². The van der Waals surface area contributed by atoms with Crippen molar-refractivity contribution < 1.29 is 23.0 Å². The number of rotatable bonds is 6. The number of carbonyl (C=O) groups is 1. The van der Waals surface area contributed by atoms with Gasteiger partial charge in [-0.15, -0.1) is 11.3 Å². The van der Waals surface area contributed by atoms with E-state index in [1.165, 1.54) is 36.6 Å². The van der Waals surface area contributed by atoms with Crippen LogP contribution >= 0.6 is 11.3 Å². The largest absolute Gasteiger partial charge is 0.493 e. The van der Waals surface area contributed by atoms with Crippen LogP contribution < -0.4 is 14.8 Å². The number of methoxy groups -OCH3 is 1. The van der Waals surface area contributed by atoms with Gasteiger partial charge in [-0.1, -0.05) is 0 Å². The molecule has 3 rings (SSSR count). The fourth-order valence-corrected chi connectivity index (χ4v) is 3.05. The van der Waals surface area contributed by atoms with Crippen LogP contribution in [-0.2, 0) is 7.05 Å². The van der Waals surface area contributed by atoms with Crippen LogP contribution in [0.15, 0.2) is 41.9 Å². The molecule has 0 fully saturated rings. The molecule has 0 aliphatic rings. The Bertz CT molecular complexity index is 924. The maximum atomic E-state index is 12.5. The van der Waals surface area contributed by atoms with Gasteiger partial charge < -0.3 is 14.0 Å². The van der Waals surface area contributed by atoms with Gasteiger partial charge in [-0.2, -0.15) is 8.78 Å². The van der Waals surface area contributed by atoms with Crippen molar-refractivity contribution in [3.8, 4) is 22.9 Å². The maximum absolute atomic E-state index is 12.5. The van der Waals surface area contributed by atoms with E-state index >= 15 is 0 Å². The van der Waals surface area contributed by atoms with E-state index in [4.69, 9.17) is 4.74 Å². The highest BCUT2D eigenvalue weighted by molar-refractivity contribution is 7.14. The van der Waals surface area contributed by atoms with Gasteiger partial charge in [0, 0.05) is 24.2 Å². The number of hydrogen-bond donors (Lipinski definition) is 1. The van der Waals surface area contributed by atoms with E-state index in [0.717, 1.165) is 11.4 Å². The zero-order valence-electron chi connectivity index (χ0n) is 13.9. The molecule has 1 aromatic carbocycles. The van der Waals surface area contributed by atoms with Crippen molar-refractivity contribution in [3.05, 3.63) is 47.5 Å². The van der Waals surface area contributed by atoms with E-state index in [9.17, 15) is 13.6 Å². The summed E-state index contributed by atoms with van der Waals surface area (Å²) >= 11 is 1.27. The highest BCUT2D eigenvalue weighted by Crippen LogP contribution is 2.30. The molecule has 0 atom stereocenters. The van der Waals surface area contributed by atoms with Gasteiger partial charge in [-0.3, -0.25) is 10.1 Å². The molecule has 0 bridgehead atoms. The third kappa shape index (κ3) is 3.83. The Kier molecular flexibility index (Phi) is 5.17. The summed E-state index contributed by atoms with van der Waals surface area (Å²) in [7, 11) is 3.23. The van der Waals surface area contributed by atoms with Crippen molar-refractivity contribution in [2.24, 2.45) is 7.05 Å². The number of alkyl halides is 2. The van der Waals surface area contributed by atoms with Crippen molar-refractivity contribution >= 4 is 22.4 Å². The summed E-state index contributed by atoms with van der Waals surface area (Å²) in [6.45, 7) is -3.02. The first-order chi connectivity index (χ1) is 12.5. The number of anilines is 1. The number of nitrogens with one attached hydrogen (secondary N) is 1. The minimum atomic E-state index is -3.02. The van der Waals surface area contributed by atoms with Crippen LogP contribution in [0.25, 0.3) is 11.4 Å². The Hall–Kier alpha value is -2.94. The molecule has 0 aliphatic carbocycles. The molecule has 2 heterocycles. The molecule has 1 N–H and O–H groups in total. The second-order valence-electron chi connectivity index (χ2n) is 5.24. The number of ether oxygens (including phenoxy) is 2.